The summed E-state index contributed by atoms with van der Waals surface area (Å²) in [5.74, 6) is 1.08. The largest absolute Gasteiger partial charge is 0.446 e. The van der Waals surface area contributed by atoms with Gasteiger partial charge in [-0.2, -0.15) is 24.9 Å². The van der Waals surface area contributed by atoms with Crippen molar-refractivity contribution in [3.8, 4) is 0 Å². The van der Waals surface area contributed by atoms with Crippen LogP contribution in [0.1, 0.15) is 6.42 Å². The average molecular weight is 281 g/mol. The minimum atomic E-state index is -4.21. The summed E-state index contributed by atoms with van der Waals surface area (Å²) in [7, 11) is 0. The van der Waals surface area contributed by atoms with Gasteiger partial charge in [0.25, 0.3) is 0 Å². The van der Waals surface area contributed by atoms with Gasteiger partial charge in [0.15, 0.2) is 0 Å². The van der Waals surface area contributed by atoms with E-state index in [0.29, 0.717) is 0 Å². The van der Waals surface area contributed by atoms with E-state index in [4.69, 9.17) is 0 Å². The van der Waals surface area contributed by atoms with Crippen LogP contribution in [0, 0.1) is 0 Å². The molecule has 0 spiro atoms. The Balaban J connectivity index is 2.39. The lowest BCUT2D eigenvalue weighted by atomic mass is 10.3. The van der Waals surface area contributed by atoms with E-state index in [9.17, 15) is 13.2 Å². The zero-order valence-corrected chi connectivity index (χ0v) is 11.0. The van der Waals surface area contributed by atoms with Crippen LogP contribution < -0.4 is 5.32 Å². The molecule has 0 heterocycles. The van der Waals surface area contributed by atoms with E-state index in [2.05, 4.69) is 5.32 Å². The Labute approximate surface area is 108 Å². The quantitative estimate of drug-likeness (QED) is 0.610. The van der Waals surface area contributed by atoms with Crippen LogP contribution >= 0.6 is 23.5 Å². The predicted molar refractivity (Wildman–Crippen MR) is 69.8 cm³/mol. The molecule has 0 saturated heterocycles. The van der Waals surface area contributed by atoms with Crippen LogP contribution in [0.2, 0.25) is 0 Å². The number of anilines is 1. The van der Waals surface area contributed by atoms with Crippen molar-refractivity contribution in [3.63, 3.8) is 0 Å². The van der Waals surface area contributed by atoms with Gasteiger partial charge >= 0.3 is 5.51 Å². The topological polar surface area (TPSA) is 12.0 Å². The van der Waals surface area contributed by atoms with Gasteiger partial charge in [-0.3, -0.25) is 0 Å². The fourth-order valence-corrected chi connectivity index (χ4v) is 2.20. The molecule has 0 aromatic heterocycles. The van der Waals surface area contributed by atoms with E-state index in [0.717, 1.165) is 24.4 Å². The van der Waals surface area contributed by atoms with Gasteiger partial charge in [0.1, 0.15) is 0 Å². The molecule has 0 saturated carbocycles. The summed E-state index contributed by atoms with van der Waals surface area (Å²) < 4.78 is 36.2. The van der Waals surface area contributed by atoms with Crippen LogP contribution in [0.25, 0.3) is 0 Å². The van der Waals surface area contributed by atoms with Crippen LogP contribution in [0.5, 0.6) is 0 Å². The zero-order chi connectivity index (χ0) is 12.7. The summed E-state index contributed by atoms with van der Waals surface area (Å²) in [5.41, 5.74) is -3.36. The maximum atomic E-state index is 12.1. The van der Waals surface area contributed by atoms with Crippen molar-refractivity contribution in [1.82, 2.24) is 0 Å². The number of halogens is 3. The van der Waals surface area contributed by atoms with E-state index >= 15 is 0 Å². The van der Waals surface area contributed by atoms with Gasteiger partial charge in [-0.05, 0) is 54.5 Å². The van der Waals surface area contributed by atoms with E-state index in [1.165, 1.54) is 12.1 Å². The highest BCUT2D eigenvalue weighted by atomic mass is 32.2. The molecule has 0 fully saturated rings. The second kappa shape index (κ2) is 7.06. The normalized spacial score (nSPS) is 11.5. The van der Waals surface area contributed by atoms with Gasteiger partial charge in [0.2, 0.25) is 0 Å². The van der Waals surface area contributed by atoms with Gasteiger partial charge in [-0.15, -0.1) is 0 Å². The maximum Gasteiger partial charge on any atom is 0.446 e. The molecule has 0 atom stereocenters. The zero-order valence-electron chi connectivity index (χ0n) is 9.38. The van der Waals surface area contributed by atoms with Gasteiger partial charge < -0.3 is 5.32 Å². The molecule has 1 aromatic rings. The molecule has 0 aliphatic carbocycles. The number of benzene rings is 1. The van der Waals surface area contributed by atoms with Crippen LogP contribution in [0.3, 0.4) is 0 Å². The number of hydrogen-bond acceptors (Lipinski definition) is 3. The minimum Gasteiger partial charge on any atom is -0.385 e. The van der Waals surface area contributed by atoms with Crippen molar-refractivity contribution < 1.29 is 13.2 Å². The Bertz CT molecular complexity index is 324. The molecular weight excluding hydrogens is 267 g/mol. The summed E-state index contributed by atoms with van der Waals surface area (Å²) in [5, 5.41) is 3.17. The first kappa shape index (κ1) is 14.6. The average Bonchev–Trinajstić information content (AvgIpc) is 2.25. The standard InChI is InChI=1S/C11H14F3NS2/c1-16-8-2-7-15-9-3-5-10(6-4-9)17-11(12,13)14/h3-6,15H,2,7-8H2,1H3. The molecule has 0 unspecified atom stereocenters. The van der Waals surface area contributed by atoms with Gasteiger partial charge in [-0.1, -0.05) is 0 Å². The highest BCUT2D eigenvalue weighted by Gasteiger charge is 2.28. The Hall–Kier alpha value is -0.490. The highest BCUT2D eigenvalue weighted by molar-refractivity contribution is 8.00. The van der Waals surface area contributed by atoms with Crippen LogP contribution in [0.15, 0.2) is 29.2 Å². The molecule has 0 bridgehead atoms. The molecule has 1 nitrogen and oxygen atoms in total. The second-order valence-corrected chi connectivity index (χ2v) is 5.47. The fourth-order valence-electron chi connectivity index (χ4n) is 1.22. The Morgan fingerprint density at radius 2 is 1.82 bits per heavy atom. The van der Waals surface area contributed by atoms with Gasteiger partial charge in [-0.25, -0.2) is 0 Å². The molecule has 0 radical (unpaired) electrons. The molecule has 1 N–H and O–H groups in total. The molecule has 0 aliphatic heterocycles. The second-order valence-electron chi connectivity index (χ2n) is 3.35. The summed E-state index contributed by atoms with van der Waals surface area (Å²) in [6.45, 7) is 0.840. The number of nitrogens with one attached hydrogen (secondary N) is 1. The number of thioether (sulfide) groups is 2. The van der Waals surface area contributed by atoms with E-state index in [-0.39, 0.29) is 16.7 Å². The van der Waals surface area contributed by atoms with Crippen molar-refractivity contribution in [3.05, 3.63) is 24.3 Å². The highest BCUT2D eigenvalue weighted by Crippen LogP contribution is 2.36. The van der Waals surface area contributed by atoms with Crippen molar-refractivity contribution in [2.24, 2.45) is 0 Å². The van der Waals surface area contributed by atoms with Crippen molar-refractivity contribution >= 4 is 29.2 Å². The summed E-state index contributed by atoms with van der Waals surface area (Å²) in [4.78, 5) is 0.215. The van der Waals surface area contributed by atoms with Crippen LogP contribution in [0.4, 0.5) is 18.9 Å². The maximum absolute atomic E-state index is 12.1. The molecule has 1 aromatic carbocycles. The minimum absolute atomic E-state index is 0.0897. The third-order valence-corrected chi connectivity index (χ3v) is 3.38. The first-order valence-corrected chi connectivity index (χ1v) is 7.31. The third-order valence-electron chi connectivity index (χ3n) is 1.94. The van der Waals surface area contributed by atoms with Crippen molar-refractivity contribution in [1.29, 1.82) is 0 Å². The SMILES string of the molecule is CSCCCNc1ccc(SC(F)(F)F)cc1. The Morgan fingerprint density at radius 1 is 1.18 bits per heavy atom. The van der Waals surface area contributed by atoms with E-state index < -0.39 is 5.51 Å². The van der Waals surface area contributed by atoms with E-state index in [1.54, 1.807) is 23.9 Å². The molecule has 0 aliphatic rings. The van der Waals surface area contributed by atoms with Crippen molar-refractivity contribution in [2.75, 3.05) is 23.9 Å². The first-order valence-electron chi connectivity index (χ1n) is 5.10. The number of rotatable bonds is 6. The van der Waals surface area contributed by atoms with Gasteiger partial charge in [0.05, 0.1) is 0 Å². The smallest absolute Gasteiger partial charge is 0.385 e. The van der Waals surface area contributed by atoms with Gasteiger partial charge in [0, 0.05) is 17.1 Å². The summed E-state index contributed by atoms with van der Waals surface area (Å²) in [6, 6.07) is 6.31. The fraction of sp³-hybridized carbons (Fsp3) is 0.455. The molecule has 0 amide bonds. The Kier molecular flexibility index (Phi) is 6.05. The van der Waals surface area contributed by atoms with Crippen molar-refractivity contribution in [2.45, 2.75) is 16.8 Å². The lowest BCUT2D eigenvalue weighted by molar-refractivity contribution is -0.0328. The summed E-state index contributed by atoms with van der Waals surface area (Å²) in [6.07, 6.45) is 3.09. The molecule has 1 rings (SSSR count). The lowest BCUT2D eigenvalue weighted by Gasteiger charge is -2.08. The van der Waals surface area contributed by atoms with Crippen LogP contribution in [-0.4, -0.2) is 24.1 Å². The number of hydrogen-bond donors (Lipinski definition) is 1. The number of alkyl halides is 3. The molecule has 96 valence electrons. The van der Waals surface area contributed by atoms with E-state index in [1.807, 2.05) is 6.26 Å². The lowest BCUT2D eigenvalue weighted by Crippen LogP contribution is -2.02. The van der Waals surface area contributed by atoms with Crippen LogP contribution in [-0.2, 0) is 0 Å². The predicted octanol–water partition coefficient (Wildman–Crippen LogP) is 4.46. The Morgan fingerprint density at radius 3 is 2.35 bits per heavy atom. The monoisotopic (exact) mass is 281 g/mol. The molecular formula is C11H14F3NS2. The first-order chi connectivity index (χ1) is 8.01. The molecule has 6 heteroatoms. The molecule has 17 heavy (non-hydrogen) atoms. The summed E-state index contributed by atoms with van der Waals surface area (Å²) >= 11 is 1.69. The third kappa shape index (κ3) is 6.73.